The summed E-state index contributed by atoms with van der Waals surface area (Å²) in [5.74, 6) is 0.869. The van der Waals surface area contributed by atoms with E-state index in [9.17, 15) is 0 Å². The molecule has 0 aliphatic carbocycles. The van der Waals surface area contributed by atoms with Gasteiger partial charge in [0.15, 0.2) is 0 Å². The third-order valence-electron chi connectivity index (χ3n) is 3.99. The van der Waals surface area contributed by atoms with Crippen molar-refractivity contribution >= 4 is 0 Å². The lowest BCUT2D eigenvalue weighted by Crippen LogP contribution is -2.31. The van der Waals surface area contributed by atoms with Crippen LogP contribution in [-0.2, 0) is 13.6 Å². The predicted octanol–water partition coefficient (Wildman–Crippen LogP) is 0.908. The molecule has 1 fully saturated rings. The Hall–Kier alpha value is -1.07. The average molecular weight is 252 g/mol. The molecule has 0 radical (unpaired) electrons. The van der Waals surface area contributed by atoms with Gasteiger partial charge >= 0.3 is 0 Å². The van der Waals surface area contributed by atoms with Crippen molar-refractivity contribution in [1.82, 2.24) is 14.7 Å². The highest BCUT2D eigenvalue weighted by atomic mass is 16.5. The molecule has 1 aliphatic rings. The number of rotatable bonds is 4. The van der Waals surface area contributed by atoms with Gasteiger partial charge in [0.05, 0.1) is 18.4 Å². The third kappa shape index (κ3) is 2.37. The molecule has 2 rings (SSSR count). The van der Waals surface area contributed by atoms with E-state index in [1.807, 2.05) is 18.7 Å². The number of hydrogen-bond acceptors (Lipinski definition) is 4. The Morgan fingerprint density at radius 1 is 1.50 bits per heavy atom. The summed E-state index contributed by atoms with van der Waals surface area (Å²) in [5, 5.41) is 4.42. The highest BCUT2D eigenvalue weighted by Crippen LogP contribution is 2.31. The topological polar surface area (TPSA) is 56.3 Å². The second kappa shape index (κ2) is 4.90. The van der Waals surface area contributed by atoms with Gasteiger partial charge in [-0.15, -0.1) is 0 Å². The minimum absolute atomic E-state index is 0.267. The standard InChI is InChI=1S/C13H24N4O/c1-10-11(12(18-4)16(3)15-10)7-17-6-5-13(2,8-14)9-17/h5-9,14H2,1-4H3. The Kier molecular flexibility index (Phi) is 3.64. The van der Waals surface area contributed by atoms with Gasteiger partial charge in [-0.05, 0) is 31.8 Å². The summed E-state index contributed by atoms with van der Waals surface area (Å²) in [7, 11) is 3.62. The first-order valence-electron chi connectivity index (χ1n) is 6.48. The Labute approximate surface area is 109 Å². The SMILES string of the molecule is COc1c(CN2CCC(C)(CN)C2)c(C)nn1C. The van der Waals surface area contributed by atoms with Crippen molar-refractivity contribution in [2.75, 3.05) is 26.7 Å². The van der Waals surface area contributed by atoms with Crippen molar-refractivity contribution in [3.8, 4) is 5.88 Å². The minimum Gasteiger partial charge on any atom is -0.481 e. The number of hydrogen-bond donors (Lipinski definition) is 1. The molecule has 2 heterocycles. The van der Waals surface area contributed by atoms with E-state index in [4.69, 9.17) is 10.5 Å². The molecule has 1 unspecified atom stereocenters. The van der Waals surface area contributed by atoms with Gasteiger partial charge in [-0.25, -0.2) is 4.68 Å². The van der Waals surface area contributed by atoms with Crippen LogP contribution in [0, 0.1) is 12.3 Å². The maximum absolute atomic E-state index is 5.85. The zero-order chi connectivity index (χ0) is 13.3. The van der Waals surface area contributed by atoms with Gasteiger partial charge in [-0.1, -0.05) is 6.92 Å². The van der Waals surface area contributed by atoms with Crippen molar-refractivity contribution in [2.24, 2.45) is 18.2 Å². The van der Waals surface area contributed by atoms with Gasteiger partial charge in [0.1, 0.15) is 0 Å². The van der Waals surface area contributed by atoms with Gasteiger partial charge in [0.2, 0.25) is 5.88 Å². The maximum Gasteiger partial charge on any atom is 0.216 e. The third-order valence-corrected chi connectivity index (χ3v) is 3.99. The molecule has 5 heteroatoms. The average Bonchev–Trinajstić information content (AvgIpc) is 2.82. The number of nitrogens with two attached hydrogens (primary N) is 1. The number of nitrogens with zero attached hydrogens (tertiary/aromatic N) is 3. The summed E-state index contributed by atoms with van der Waals surface area (Å²) < 4.78 is 7.24. The predicted molar refractivity (Wildman–Crippen MR) is 71.6 cm³/mol. The zero-order valence-electron chi connectivity index (χ0n) is 11.9. The number of ether oxygens (including phenoxy) is 1. The first kappa shape index (κ1) is 13.4. The first-order valence-corrected chi connectivity index (χ1v) is 6.48. The second-order valence-corrected chi connectivity index (χ2v) is 5.67. The molecule has 1 aromatic rings. The van der Waals surface area contributed by atoms with Crippen molar-refractivity contribution < 1.29 is 4.74 Å². The van der Waals surface area contributed by atoms with Crippen molar-refractivity contribution in [3.63, 3.8) is 0 Å². The molecule has 102 valence electrons. The fourth-order valence-corrected chi connectivity index (χ4v) is 2.77. The molecule has 0 spiro atoms. The lowest BCUT2D eigenvalue weighted by molar-refractivity contribution is 0.269. The van der Waals surface area contributed by atoms with Crippen LogP contribution in [0.15, 0.2) is 0 Å². The van der Waals surface area contributed by atoms with Crippen LogP contribution in [0.1, 0.15) is 24.6 Å². The largest absolute Gasteiger partial charge is 0.481 e. The van der Waals surface area contributed by atoms with Crippen LogP contribution in [-0.4, -0.2) is 41.4 Å². The van der Waals surface area contributed by atoms with E-state index < -0.39 is 0 Å². The van der Waals surface area contributed by atoms with Crippen LogP contribution in [0.3, 0.4) is 0 Å². The minimum atomic E-state index is 0.267. The molecular formula is C13H24N4O. The molecule has 1 atom stereocenters. The van der Waals surface area contributed by atoms with E-state index in [2.05, 4.69) is 16.9 Å². The summed E-state index contributed by atoms with van der Waals surface area (Å²) in [5.41, 5.74) is 8.36. The summed E-state index contributed by atoms with van der Waals surface area (Å²) >= 11 is 0. The fourth-order valence-electron chi connectivity index (χ4n) is 2.77. The van der Waals surface area contributed by atoms with E-state index in [1.165, 1.54) is 12.0 Å². The normalized spacial score (nSPS) is 24.7. The molecule has 5 nitrogen and oxygen atoms in total. The monoisotopic (exact) mass is 252 g/mol. The highest BCUT2D eigenvalue weighted by molar-refractivity contribution is 5.30. The summed E-state index contributed by atoms with van der Waals surface area (Å²) in [6.07, 6.45) is 1.17. The van der Waals surface area contributed by atoms with Gasteiger partial charge in [0, 0.05) is 20.1 Å². The van der Waals surface area contributed by atoms with E-state index in [-0.39, 0.29) is 5.41 Å². The van der Waals surface area contributed by atoms with E-state index in [1.54, 1.807) is 7.11 Å². The fraction of sp³-hybridized carbons (Fsp3) is 0.769. The summed E-state index contributed by atoms with van der Waals surface area (Å²) in [6.45, 7) is 8.12. The molecule has 0 aromatic carbocycles. The van der Waals surface area contributed by atoms with Crippen LogP contribution in [0.5, 0.6) is 5.88 Å². The Morgan fingerprint density at radius 3 is 2.78 bits per heavy atom. The zero-order valence-corrected chi connectivity index (χ0v) is 11.9. The van der Waals surface area contributed by atoms with E-state index in [0.29, 0.717) is 0 Å². The number of aryl methyl sites for hydroxylation is 2. The highest BCUT2D eigenvalue weighted by Gasteiger charge is 2.33. The molecule has 18 heavy (non-hydrogen) atoms. The summed E-state index contributed by atoms with van der Waals surface area (Å²) in [4.78, 5) is 2.44. The number of aromatic nitrogens is 2. The van der Waals surface area contributed by atoms with Gasteiger partial charge < -0.3 is 10.5 Å². The lowest BCUT2D eigenvalue weighted by Gasteiger charge is -2.22. The van der Waals surface area contributed by atoms with Crippen LogP contribution in [0.2, 0.25) is 0 Å². The van der Waals surface area contributed by atoms with Crippen molar-refractivity contribution in [1.29, 1.82) is 0 Å². The molecule has 0 amide bonds. The number of likely N-dealkylation sites (tertiary alicyclic amines) is 1. The van der Waals surface area contributed by atoms with Crippen LogP contribution in [0.25, 0.3) is 0 Å². The molecule has 2 N–H and O–H groups in total. The molecule has 1 aliphatic heterocycles. The van der Waals surface area contributed by atoms with Gasteiger partial charge in [-0.3, -0.25) is 4.90 Å². The Balaban J connectivity index is 2.11. The lowest BCUT2D eigenvalue weighted by atomic mass is 9.90. The van der Waals surface area contributed by atoms with E-state index >= 15 is 0 Å². The Bertz CT molecular complexity index is 429. The van der Waals surface area contributed by atoms with Crippen LogP contribution in [0.4, 0.5) is 0 Å². The molecule has 0 bridgehead atoms. The molecular weight excluding hydrogens is 228 g/mol. The number of methoxy groups -OCH3 is 1. The summed E-state index contributed by atoms with van der Waals surface area (Å²) in [6, 6.07) is 0. The van der Waals surface area contributed by atoms with Crippen molar-refractivity contribution in [3.05, 3.63) is 11.3 Å². The molecule has 0 saturated carbocycles. The quantitative estimate of drug-likeness (QED) is 0.865. The molecule has 1 aromatic heterocycles. The first-order chi connectivity index (χ1) is 8.49. The Morgan fingerprint density at radius 2 is 2.22 bits per heavy atom. The van der Waals surface area contributed by atoms with Gasteiger partial charge in [0.25, 0.3) is 0 Å². The van der Waals surface area contributed by atoms with E-state index in [0.717, 1.165) is 37.8 Å². The maximum atomic E-state index is 5.85. The molecule has 1 saturated heterocycles. The van der Waals surface area contributed by atoms with Gasteiger partial charge in [-0.2, -0.15) is 5.10 Å². The van der Waals surface area contributed by atoms with Crippen molar-refractivity contribution in [2.45, 2.75) is 26.8 Å². The second-order valence-electron chi connectivity index (χ2n) is 5.67. The smallest absolute Gasteiger partial charge is 0.216 e. The van der Waals surface area contributed by atoms with Crippen LogP contribution >= 0.6 is 0 Å². The van der Waals surface area contributed by atoms with Crippen LogP contribution < -0.4 is 10.5 Å².